The number of aliphatic carboxylic acids is 1. The van der Waals surface area contributed by atoms with Gasteiger partial charge in [-0.25, -0.2) is 9.69 Å². The monoisotopic (exact) mass is 454 g/mol. The highest BCUT2D eigenvalue weighted by Gasteiger charge is 2.43. The van der Waals surface area contributed by atoms with Crippen molar-refractivity contribution < 1.29 is 24.3 Å². The number of carboxylic acid groups (broad SMARTS) is 1. The minimum Gasteiger partial charge on any atom is -0.478 e. The number of carbonyl (C=O) groups excluding carboxylic acids is 3. The Kier molecular flexibility index (Phi) is 7.43. The van der Waals surface area contributed by atoms with Crippen molar-refractivity contribution in [2.45, 2.75) is 32.2 Å². The molecule has 1 heterocycles. The Bertz CT molecular complexity index is 1060. The van der Waals surface area contributed by atoms with E-state index in [1.165, 1.54) is 4.90 Å². The summed E-state index contributed by atoms with van der Waals surface area (Å²) in [6, 6.07) is 13.2. The predicted octanol–water partition coefficient (Wildman–Crippen LogP) is 3.25. The van der Waals surface area contributed by atoms with E-state index in [0.717, 1.165) is 28.5 Å². The van der Waals surface area contributed by atoms with Crippen molar-refractivity contribution >= 4 is 41.0 Å². The zero-order valence-electron chi connectivity index (χ0n) is 17.5. The molecule has 1 N–H and O–H groups in total. The first-order chi connectivity index (χ1) is 15.3. The second-order valence-electron chi connectivity index (χ2n) is 7.35. The van der Waals surface area contributed by atoms with Crippen molar-refractivity contribution in [1.82, 2.24) is 4.90 Å². The van der Waals surface area contributed by atoms with Crippen molar-refractivity contribution in [1.29, 1.82) is 0 Å². The predicted molar refractivity (Wildman–Crippen MR) is 120 cm³/mol. The number of rotatable bonds is 8. The number of hydrogen-bond donors (Lipinski definition) is 1. The van der Waals surface area contributed by atoms with Crippen LogP contribution in [0.25, 0.3) is 0 Å². The van der Waals surface area contributed by atoms with Gasteiger partial charge < -0.3 is 10.0 Å². The summed E-state index contributed by atoms with van der Waals surface area (Å²) >= 11 is 6.20. The molecule has 1 saturated heterocycles. The molecule has 0 unspecified atom stereocenters. The first-order valence-electron chi connectivity index (χ1n) is 10.2. The summed E-state index contributed by atoms with van der Waals surface area (Å²) in [6.45, 7) is 2.10. The smallest absolute Gasteiger partial charge is 0.328 e. The van der Waals surface area contributed by atoms with E-state index in [1.54, 1.807) is 30.3 Å². The van der Waals surface area contributed by atoms with Crippen molar-refractivity contribution in [3.05, 3.63) is 76.8 Å². The molecule has 2 aromatic rings. The Morgan fingerprint density at radius 1 is 1.12 bits per heavy atom. The van der Waals surface area contributed by atoms with Crippen LogP contribution in [0.3, 0.4) is 0 Å². The summed E-state index contributed by atoms with van der Waals surface area (Å²) in [5.74, 6) is -2.87. The molecule has 166 valence electrons. The second kappa shape index (κ2) is 10.2. The minimum atomic E-state index is -1.28. The fourth-order valence-corrected chi connectivity index (χ4v) is 3.84. The van der Waals surface area contributed by atoms with Crippen LogP contribution >= 0.6 is 11.6 Å². The van der Waals surface area contributed by atoms with Crippen molar-refractivity contribution in [2.24, 2.45) is 0 Å². The maximum Gasteiger partial charge on any atom is 0.328 e. The maximum absolute atomic E-state index is 13.2. The molecule has 7 nitrogen and oxygen atoms in total. The summed E-state index contributed by atoms with van der Waals surface area (Å²) in [5.41, 5.74) is 2.29. The number of nitrogens with zero attached hydrogens (tertiary/aromatic N) is 2. The van der Waals surface area contributed by atoms with Crippen LogP contribution in [0.4, 0.5) is 5.69 Å². The Balaban J connectivity index is 1.86. The van der Waals surface area contributed by atoms with E-state index in [9.17, 15) is 19.2 Å². The normalized spacial score (nSPS) is 16.1. The summed E-state index contributed by atoms with van der Waals surface area (Å²) in [5, 5.41) is 9.40. The van der Waals surface area contributed by atoms with Crippen LogP contribution in [-0.2, 0) is 32.0 Å². The van der Waals surface area contributed by atoms with Crippen LogP contribution in [-0.4, -0.2) is 46.3 Å². The van der Waals surface area contributed by atoms with E-state index in [-0.39, 0.29) is 13.0 Å². The number of carboxylic acids is 1. The molecule has 1 aliphatic rings. The number of carbonyl (C=O) groups is 4. The third-order valence-electron chi connectivity index (χ3n) is 5.33. The van der Waals surface area contributed by atoms with Gasteiger partial charge in [0.1, 0.15) is 6.04 Å². The summed E-state index contributed by atoms with van der Waals surface area (Å²) in [7, 11) is 0. The van der Waals surface area contributed by atoms with E-state index in [0.29, 0.717) is 23.2 Å². The van der Waals surface area contributed by atoms with Gasteiger partial charge in [-0.15, -0.1) is 0 Å². The topological polar surface area (TPSA) is 95.0 Å². The van der Waals surface area contributed by atoms with E-state index < -0.39 is 29.7 Å². The molecule has 3 amide bonds. The Morgan fingerprint density at radius 3 is 2.44 bits per heavy atom. The van der Waals surface area contributed by atoms with Gasteiger partial charge in [-0.1, -0.05) is 48.9 Å². The van der Waals surface area contributed by atoms with Crippen LogP contribution in [0.5, 0.6) is 0 Å². The molecule has 0 aromatic heterocycles. The average molecular weight is 455 g/mol. The fraction of sp³-hybridized carbons (Fsp3) is 0.250. The Morgan fingerprint density at radius 2 is 1.81 bits per heavy atom. The molecule has 1 fully saturated rings. The SMILES string of the molecule is CCc1ccc(N2C(=O)C[C@H](N(CCc3ccccc3Cl)C(=O)/C=C/C(=O)O)C2=O)cc1. The number of benzene rings is 2. The van der Waals surface area contributed by atoms with Crippen LogP contribution < -0.4 is 4.90 Å². The summed E-state index contributed by atoms with van der Waals surface area (Å²) in [6.07, 6.45) is 2.60. The molecule has 0 radical (unpaired) electrons. The van der Waals surface area contributed by atoms with Gasteiger partial charge in [0.15, 0.2) is 0 Å². The highest BCUT2D eigenvalue weighted by molar-refractivity contribution is 6.31. The summed E-state index contributed by atoms with van der Waals surface area (Å²) < 4.78 is 0. The average Bonchev–Trinajstić information content (AvgIpc) is 3.07. The molecule has 3 rings (SSSR count). The lowest BCUT2D eigenvalue weighted by molar-refractivity contribution is -0.135. The van der Waals surface area contributed by atoms with Gasteiger partial charge in [-0.3, -0.25) is 14.4 Å². The van der Waals surface area contributed by atoms with Crippen LogP contribution in [0.2, 0.25) is 5.02 Å². The minimum absolute atomic E-state index is 0.0961. The third-order valence-corrected chi connectivity index (χ3v) is 5.70. The zero-order valence-corrected chi connectivity index (χ0v) is 18.3. The number of anilines is 1. The molecule has 2 aromatic carbocycles. The quantitative estimate of drug-likeness (QED) is 0.488. The van der Waals surface area contributed by atoms with E-state index in [1.807, 2.05) is 25.1 Å². The fourth-order valence-electron chi connectivity index (χ4n) is 3.61. The first-order valence-corrected chi connectivity index (χ1v) is 10.6. The lowest BCUT2D eigenvalue weighted by atomic mass is 10.1. The first kappa shape index (κ1) is 23.2. The largest absolute Gasteiger partial charge is 0.478 e. The second-order valence-corrected chi connectivity index (χ2v) is 7.76. The molecule has 1 aliphatic heterocycles. The van der Waals surface area contributed by atoms with E-state index in [2.05, 4.69) is 0 Å². The molecule has 0 bridgehead atoms. The van der Waals surface area contributed by atoms with Gasteiger partial charge in [0, 0.05) is 23.7 Å². The van der Waals surface area contributed by atoms with Gasteiger partial charge in [0.05, 0.1) is 12.1 Å². The van der Waals surface area contributed by atoms with Crippen LogP contribution in [0.15, 0.2) is 60.7 Å². The highest BCUT2D eigenvalue weighted by Crippen LogP contribution is 2.27. The van der Waals surface area contributed by atoms with Gasteiger partial charge in [-0.05, 0) is 42.2 Å². The molecule has 0 aliphatic carbocycles. The number of hydrogen-bond acceptors (Lipinski definition) is 4. The number of aryl methyl sites for hydroxylation is 1. The van der Waals surface area contributed by atoms with Gasteiger partial charge in [0.2, 0.25) is 11.8 Å². The maximum atomic E-state index is 13.2. The van der Waals surface area contributed by atoms with Crippen molar-refractivity contribution in [3.63, 3.8) is 0 Å². The highest BCUT2D eigenvalue weighted by atomic mass is 35.5. The summed E-state index contributed by atoms with van der Waals surface area (Å²) in [4.78, 5) is 51.9. The molecule has 32 heavy (non-hydrogen) atoms. The molecule has 8 heteroatoms. The number of imide groups is 1. The lowest BCUT2D eigenvalue weighted by Crippen LogP contribution is -2.46. The molecule has 0 spiro atoms. The van der Waals surface area contributed by atoms with E-state index >= 15 is 0 Å². The van der Waals surface area contributed by atoms with Crippen molar-refractivity contribution in [2.75, 3.05) is 11.4 Å². The Labute approximate surface area is 190 Å². The van der Waals surface area contributed by atoms with E-state index in [4.69, 9.17) is 16.7 Å². The number of halogens is 1. The zero-order chi connectivity index (χ0) is 23.3. The van der Waals surface area contributed by atoms with Gasteiger partial charge in [-0.2, -0.15) is 0 Å². The van der Waals surface area contributed by atoms with Crippen LogP contribution in [0.1, 0.15) is 24.5 Å². The van der Waals surface area contributed by atoms with Gasteiger partial charge in [0.25, 0.3) is 5.91 Å². The number of amides is 3. The molecular weight excluding hydrogens is 432 g/mol. The lowest BCUT2D eigenvalue weighted by Gasteiger charge is -2.27. The molecule has 1 atom stereocenters. The Hall–Kier alpha value is -3.45. The third kappa shape index (κ3) is 5.23. The standard InChI is InChI=1S/C24H23ClN2O5/c1-2-16-7-9-18(10-8-16)27-22(29)15-20(24(27)32)26(21(28)11-12-23(30)31)14-13-17-5-3-4-6-19(17)25/h3-12,20H,2,13-15H2,1H3,(H,30,31)/b12-11+/t20-/m0/s1. The van der Waals surface area contributed by atoms with Crippen molar-refractivity contribution in [3.8, 4) is 0 Å². The molecule has 0 saturated carbocycles. The van der Waals surface area contributed by atoms with Crippen LogP contribution in [0, 0.1) is 0 Å². The molecular formula is C24H23ClN2O5. The van der Waals surface area contributed by atoms with Gasteiger partial charge >= 0.3 is 5.97 Å².